The molecule has 3 aliphatic rings. The lowest BCUT2D eigenvalue weighted by atomic mass is 9.78. The lowest BCUT2D eigenvalue weighted by Crippen LogP contribution is -2.46. The van der Waals surface area contributed by atoms with Crippen LogP contribution in [-0.4, -0.2) is 28.7 Å². The molecule has 0 radical (unpaired) electrons. The number of thiocarbonyl (C=S) groups is 1. The smallest absolute Gasteiger partial charge is 0.251 e. The molecule has 0 spiro atoms. The first-order valence-corrected chi connectivity index (χ1v) is 11.1. The monoisotopic (exact) mass is 441 g/mol. The lowest BCUT2D eigenvalue weighted by Gasteiger charge is -2.34. The summed E-state index contributed by atoms with van der Waals surface area (Å²) in [5.74, 6) is 0.176. The molecule has 4 atom stereocenters. The molecule has 4 rings (SSSR count). The molecule has 1 N–H and O–H groups in total. The van der Waals surface area contributed by atoms with Gasteiger partial charge in [0.05, 0.1) is 17.3 Å². The first kappa shape index (κ1) is 20.9. The van der Waals surface area contributed by atoms with E-state index in [1.807, 2.05) is 0 Å². The van der Waals surface area contributed by atoms with E-state index in [9.17, 15) is 9.59 Å². The van der Waals surface area contributed by atoms with E-state index in [1.54, 1.807) is 42.5 Å². The summed E-state index contributed by atoms with van der Waals surface area (Å²) in [6, 6.07) is 7.15. The van der Waals surface area contributed by atoms with Crippen molar-refractivity contribution in [3.63, 3.8) is 0 Å². The number of carbonyl (C=O) groups is 2. The summed E-state index contributed by atoms with van der Waals surface area (Å²) in [7, 11) is 0. The number of benzene rings is 1. The second-order valence-electron chi connectivity index (χ2n) is 8.26. The van der Waals surface area contributed by atoms with Gasteiger partial charge in [0.2, 0.25) is 11.0 Å². The van der Waals surface area contributed by atoms with Gasteiger partial charge < -0.3 is 5.32 Å². The van der Waals surface area contributed by atoms with E-state index in [-0.39, 0.29) is 23.0 Å². The van der Waals surface area contributed by atoms with Gasteiger partial charge in [-0.15, -0.1) is 0 Å². The van der Waals surface area contributed by atoms with Crippen LogP contribution in [0.15, 0.2) is 52.5 Å². The molecule has 7 heteroatoms. The van der Waals surface area contributed by atoms with Gasteiger partial charge in [-0.05, 0) is 60.8 Å². The van der Waals surface area contributed by atoms with Gasteiger partial charge in [0.1, 0.15) is 0 Å². The van der Waals surface area contributed by atoms with E-state index in [0.717, 1.165) is 12.8 Å². The minimum absolute atomic E-state index is 0.130. The summed E-state index contributed by atoms with van der Waals surface area (Å²) >= 11 is 11.4. The van der Waals surface area contributed by atoms with E-state index in [0.29, 0.717) is 33.8 Å². The highest BCUT2D eigenvalue weighted by atomic mass is 35.5. The number of halogens is 1. The number of hydrogen-bond donors (Lipinski definition) is 1. The van der Waals surface area contributed by atoms with E-state index < -0.39 is 5.92 Å². The molecule has 0 saturated heterocycles. The number of rotatable bonds is 3. The Labute approximate surface area is 186 Å². The van der Waals surface area contributed by atoms with Crippen LogP contribution in [0.1, 0.15) is 43.5 Å². The molecule has 2 amide bonds. The number of amides is 2. The zero-order valence-electron chi connectivity index (χ0n) is 17.0. The standard InChI is InChI=1S/C23H24ClN3O2S/c1-13-5-3-8-19(14(13)2)25-21(28)15-6-4-7-17(11-15)27-22(29)18-10-9-16(24)12-20(18)26-23(27)30/h4,6-7,9-14,18-19H,3,5,8H2,1-2H3,(H,25,28). The zero-order chi connectivity index (χ0) is 21.4. The number of carbonyl (C=O) groups excluding carboxylic acids is 2. The molecular weight excluding hydrogens is 418 g/mol. The first-order valence-electron chi connectivity index (χ1n) is 10.3. The van der Waals surface area contributed by atoms with Crippen LogP contribution in [0.2, 0.25) is 0 Å². The fourth-order valence-corrected chi connectivity index (χ4v) is 4.82. The van der Waals surface area contributed by atoms with Crippen LogP contribution >= 0.6 is 23.8 Å². The van der Waals surface area contributed by atoms with Gasteiger partial charge in [-0.3, -0.25) is 14.5 Å². The van der Waals surface area contributed by atoms with Crippen LogP contribution in [0, 0.1) is 17.8 Å². The number of aliphatic imine (C=N–C) groups is 1. The maximum Gasteiger partial charge on any atom is 0.251 e. The molecule has 1 aliphatic heterocycles. The Bertz CT molecular complexity index is 1000. The Kier molecular flexibility index (Phi) is 5.89. The van der Waals surface area contributed by atoms with Crippen LogP contribution in [0.25, 0.3) is 0 Å². The third kappa shape index (κ3) is 3.98. The molecule has 1 aromatic rings. The summed E-state index contributed by atoms with van der Waals surface area (Å²) in [6.45, 7) is 4.44. The number of hydrogen-bond acceptors (Lipinski definition) is 3. The Morgan fingerprint density at radius 1 is 1.30 bits per heavy atom. The molecule has 4 unspecified atom stereocenters. The maximum absolute atomic E-state index is 13.1. The van der Waals surface area contributed by atoms with Crippen LogP contribution in [0.3, 0.4) is 0 Å². The second-order valence-corrected chi connectivity index (χ2v) is 9.06. The molecule has 2 aliphatic carbocycles. The van der Waals surface area contributed by atoms with E-state index >= 15 is 0 Å². The highest BCUT2D eigenvalue weighted by Gasteiger charge is 2.36. The Morgan fingerprint density at radius 3 is 2.90 bits per heavy atom. The number of nitrogens with zero attached hydrogens (tertiary/aromatic N) is 2. The molecule has 30 heavy (non-hydrogen) atoms. The van der Waals surface area contributed by atoms with Crippen molar-refractivity contribution in [3.8, 4) is 0 Å². The Morgan fingerprint density at radius 2 is 2.10 bits per heavy atom. The summed E-state index contributed by atoms with van der Waals surface area (Å²) in [5.41, 5.74) is 1.59. The maximum atomic E-state index is 13.1. The van der Waals surface area contributed by atoms with Crippen molar-refractivity contribution >= 4 is 52.1 Å². The molecule has 1 saturated carbocycles. The molecule has 1 aromatic carbocycles. The summed E-state index contributed by atoms with van der Waals surface area (Å²) < 4.78 is 0. The predicted molar refractivity (Wildman–Crippen MR) is 124 cm³/mol. The van der Waals surface area contributed by atoms with Gasteiger partial charge in [-0.25, -0.2) is 4.99 Å². The Balaban J connectivity index is 1.56. The van der Waals surface area contributed by atoms with Crippen LogP contribution < -0.4 is 10.2 Å². The minimum atomic E-state index is -0.527. The van der Waals surface area contributed by atoms with Crippen LogP contribution in [-0.2, 0) is 4.79 Å². The molecule has 5 nitrogen and oxygen atoms in total. The number of fused-ring (bicyclic) bond motifs is 1. The number of nitrogens with one attached hydrogen (secondary N) is 1. The van der Waals surface area contributed by atoms with Gasteiger partial charge in [0.15, 0.2) is 0 Å². The molecule has 0 aromatic heterocycles. The molecule has 1 heterocycles. The molecule has 0 bridgehead atoms. The Hall–Kier alpha value is -2.31. The molecular formula is C23H24ClN3O2S. The first-order chi connectivity index (χ1) is 14.3. The van der Waals surface area contributed by atoms with Crippen molar-refractivity contribution in [2.75, 3.05) is 4.90 Å². The van der Waals surface area contributed by atoms with Crippen molar-refractivity contribution in [2.45, 2.75) is 39.2 Å². The average molecular weight is 442 g/mol. The van der Waals surface area contributed by atoms with Gasteiger partial charge in [0, 0.05) is 16.6 Å². The summed E-state index contributed by atoms with van der Waals surface area (Å²) in [4.78, 5) is 31.8. The highest BCUT2D eigenvalue weighted by molar-refractivity contribution is 7.80. The van der Waals surface area contributed by atoms with Crippen molar-refractivity contribution in [1.29, 1.82) is 0 Å². The van der Waals surface area contributed by atoms with Gasteiger partial charge >= 0.3 is 0 Å². The normalized spacial score (nSPS) is 28.6. The SMILES string of the molecule is CC1CCCC(NC(=O)c2cccc(N3C(=O)C4C=CC(Cl)=CC4=NC3=S)c2)C1C. The number of allylic oxidation sites excluding steroid dienone is 3. The van der Waals surface area contributed by atoms with Gasteiger partial charge in [-0.1, -0.05) is 50.4 Å². The van der Waals surface area contributed by atoms with Crippen molar-refractivity contribution in [1.82, 2.24) is 5.32 Å². The average Bonchev–Trinajstić information content (AvgIpc) is 2.71. The third-order valence-electron chi connectivity index (χ3n) is 6.34. The molecule has 1 fully saturated rings. The van der Waals surface area contributed by atoms with Crippen molar-refractivity contribution in [2.24, 2.45) is 22.7 Å². The third-order valence-corrected chi connectivity index (χ3v) is 6.85. The van der Waals surface area contributed by atoms with Crippen molar-refractivity contribution < 1.29 is 9.59 Å². The van der Waals surface area contributed by atoms with E-state index in [4.69, 9.17) is 23.8 Å². The number of anilines is 1. The zero-order valence-corrected chi connectivity index (χ0v) is 18.5. The van der Waals surface area contributed by atoms with Crippen molar-refractivity contribution in [3.05, 3.63) is 53.1 Å². The van der Waals surface area contributed by atoms with Gasteiger partial charge in [-0.2, -0.15) is 0 Å². The summed E-state index contributed by atoms with van der Waals surface area (Å²) in [5, 5.41) is 3.84. The topological polar surface area (TPSA) is 61.8 Å². The fraction of sp³-hybridized carbons (Fsp3) is 0.391. The van der Waals surface area contributed by atoms with E-state index in [1.165, 1.54) is 11.3 Å². The second kappa shape index (κ2) is 8.44. The largest absolute Gasteiger partial charge is 0.349 e. The van der Waals surface area contributed by atoms with Crippen LogP contribution in [0.5, 0.6) is 0 Å². The van der Waals surface area contributed by atoms with Gasteiger partial charge in [0.25, 0.3) is 5.91 Å². The quantitative estimate of drug-likeness (QED) is 0.696. The van der Waals surface area contributed by atoms with Crippen LogP contribution in [0.4, 0.5) is 5.69 Å². The fourth-order valence-electron chi connectivity index (χ4n) is 4.33. The van der Waals surface area contributed by atoms with E-state index in [2.05, 4.69) is 24.2 Å². The minimum Gasteiger partial charge on any atom is -0.349 e. The summed E-state index contributed by atoms with van der Waals surface area (Å²) in [6.07, 6.45) is 8.39. The predicted octanol–water partition coefficient (Wildman–Crippen LogP) is 4.62. The molecule has 156 valence electrons. The lowest BCUT2D eigenvalue weighted by molar-refractivity contribution is -0.118. The highest BCUT2D eigenvalue weighted by Crippen LogP contribution is 2.31.